The first-order valence-corrected chi connectivity index (χ1v) is 8.09. The van der Waals surface area contributed by atoms with Crippen LogP contribution in [0.5, 0.6) is 0 Å². The average molecular weight is 289 g/mol. The highest BCUT2D eigenvalue weighted by molar-refractivity contribution is 7.18. The molecule has 0 amide bonds. The Labute approximate surface area is 120 Å². The summed E-state index contributed by atoms with van der Waals surface area (Å²) in [7, 11) is 0. The molecule has 3 aromatic heterocycles. The van der Waals surface area contributed by atoms with Crippen LogP contribution >= 0.6 is 22.7 Å². The first-order valence-electron chi connectivity index (χ1n) is 6.40. The Morgan fingerprint density at radius 2 is 2.16 bits per heavy atom. The standard InChI is InChI=1S/C14H15N3S2/c1-3-9-8-10-12(15-4-2)16-13(17-14(10)19-9)11-6-5-7-18-11/h5-8H,3-4H2,1-2H3,(H,15,16,17). The molecule has 0 saturated carbocycles. The second-order valence-corrected chi connectivity index (χ2v) is 6.25. The third-order valence-corrected chi connectivity index (χ3v) is 4.92. The minimum absolute atomic E-state index is 0.822. The number of nitrogens with one attached hydrogen (secondary N) is 1. The number of hydrogen-bond donors (Lipinski definition) is 1. The Morgan fingerprint density at radius 3 is 2.84 bits per heavy atom. The molecule has 5 heteroatoms. The lowest BCUT2D eigenvalue weighted by Gasteiger charge is -2.05. The topological polar surface area (TPSA) is 37.8 Å². The molecule has 0 aromatic carbocycles. The highest BCUT2D eigenvalue weighted by Gasteiger charge is 2.12. The molecule has 1 N–H and O–H groups in total. The van der Waals surface area contributed by atoms with Crippen molar-refractivity contribution in [1.29, 1.82) is 0 Å². The molecule has 0 spiro atoms. The molecule has 0 fully saturated rings. The quantitative estimate of drug-likeness (QED) is 0.773. The second kappa shape index (κ2) is 5.27. The molecule has 98 valence electrons. The van der Waals surface area contributed by atoms with Gasteiger partial charge >= 0.3 is 0 Å². The molecular formula is C14H15N3S2. The number of hydrogen-bond acceptors (Lipinski definition) is 5. The average Bonchev–Trinajstić information content (AvgIpc) is 3.07. The minimum atomic E-state index is 0.822. The van der Waals surface area contributed by atoms with Crippen LogP contribution in [-0.2, 0) is 6.42 Å². The maximum absolute atomic E-state index is 4.71. The van der Waals surface area contributed by atoms with Crippen molar-refractivity contribution < 1.29 is 0 Å². The van der Waals surface area contributed by atoms with Gasteiger partial charge in [0.1, 0.15) is 10.6 Å². The van der Waals surface area contributed by atoms with Gasteiger partial charge in [0.05, 0.1) is 10.3 Å². The second-order valence-electron chi connectivity index (χ2n) is 4.19. The van der Waals surface area contributed by atoms with Crippen LogP contribution in [0.4, 0.5) is 5.82 Å². The van der Waals surface area contributed by atoms with Crippen molar-refractivity contribution in [2.75, 3.05) is 11.9 Å². The van der Waals surface area contributed by atoms with E-state index in [1.54, 1.807) is 22.7 Å². The smallest absolute Gasteiger partial charge is 0.173 e. The molecule has 3 nitrogen and oxygen atoms in total. The van der Waals surface area contributed by atoms with Gasteiger partial charge in [-0.05, 0) is 30.9 Å². The third-order valence-electron chi connectivity index (χ3n) is 2.88. The van der Waals surface area contributed by atoms with Crippen LogP contribution in [0.3, 0.4) is 0 Å². The first kappa shape index (κ1) is 12.6. The molecule has 0 unspecified atom stereocenters. The van der Waals surface area contributed by atoms with Gasteiger partial charge in [-0.1, -0.05) is 13.0 Å². The first-order chi connectivity index (χ1) is 9.31. The van der Waals surface area contributed by atoms with E-state index < -0.39 is 0 Å². The lowest BCUT2D eigenvalue weighted by molar-refractivity contribution is 1.15. The monoisotopic (exact) mass is 289 g/mol. The molecule has 0 aliphatic rings. The maximum atomic E-state index is 4.71. The maximum Gasteiger partial charge on any atom is 0.173 e. The Kier molecular flexibility index (Phi) is 3.48. The summed E-state index contributed by atoms with van der Waals surface area (Å²) in [5.74, 6) is 1.77. The van der Waals surface area contributed by atoms with Gasteiger partial charge in [-0.15, -0.1) is 22.7 Å². The van der Waals surface area contributed by atoms with E-state index >= 15 is 0 Å². The number of rotatable bonds is 4. The molecular weight excluding hydrogens is 274 g/mol. The van der Waals surface area contributed by atoms with Crippen LogP contribution in [0.25, 0.3) is 20.9 Å². The van der Waals surface area contributed by atoms with Crippen molar-refractivity contribution in [3.63, 3.8) is 0 Å². The fraction of sp³-hybridized carbons (Fsp3) is 0.286. The van der Waals surface area contributed by atoms with Crippen molar-refractivity contribution in [1.82, 2.24) is 9.97 Å². The predicted molar refractivity (Wildman–Crippen MR) is 84.3 cm³/mol. The van der Waals surface area contributed by atoms with Crippen LogP contribution in [0.2, 0.25) is 0 Å². The molecule has 19 heavy (non-hydrogen) atoms. The summed E-state index contributed by atoms with van der Waals surface area (Å²) in [6.45, 7) is 5.13. The van der Waals surface area contributed by atoms with Gasteiger partial charge in [-0.2, -0.15) is 0 Å². The summed E-state index contributed by atoms with van der Waals surface area (Å²) in [6.07, 6.45) is 1.04. The number of fused-ring (bicyclic) bond motifs is 1. The molecule has 0 aliphatic carbocycles. The highest BCUT2D eigenvalue weighted by Crippen LogP contribution is 2.32. The molecule has 0 saturated heterocycles. The van der Waals surface area contributed by atoms with E-state index in [4.69, 9.17) is 4.98 Å². The molecule has 3 rings (SSSR count). The molecule has 3 heterocycles. The number of thiophene rings is 2. The van der Waals surface area contributed by atoms with Gasteiger partial charge in [-0.25, -0.2) is 9.97 Å². The Hall–Kier alpha value is -1.46. The molecule has 3 aromatic rings. The van der Waals surface area contributed by atoms with E-state index in [0.717, 1.165) is 39.7 Å². The number of aromatic nitrogens is 2. The SMILES string of the molecule is CCNc1nc(-c2cccs2)nc2sc(CC)cc12. The number of aryl methyl sites for hydroxylation is 1. The normalized spacial score (nSPS) is 11.1. The third kappa shape index (κ3) is 2.35. The molecule has 0 atom stereocenters. The van der Waals surface area contributed by atoms with Crippen LogP contribution in [0.15, 0.2) is 23.6 Å². The van der Waals surface area contributed by atoms with Gasteiger partial charge < -0.3 is 5.32 Å². The largest absolute Gasteiger partial charge is 0.370 e. The van der Waals surface area contributed by atoms with Gasteiger partial charge in [-0.3, -0.25) is 0 Å². The van der Waals surface area contributed by atoms with Gasteiger partial charge in [0.2, 0.25) is 0 Å². The molecule has 0 radical (unpaired) electrons. The zero-order valence-corrected chi connectivity index (χ0v) is 12.6. The lowest BCUT2D eigenvalue weighted by atomic mass is 10.3. The van der Waals surface area contributed by atoms with Gasteiger partial charge in [0.25, 0.3) is 0 Å². The fourth-order valence-electron chi connectivity index (χ4n) is 1.96. The Bertz CT molecular complexity index is 686. The highest BCUT2D eigenvalue weighted by atomic mass is 32.1. The summed E-state index contributed by atoms with van der Waals surface area (Å²) in [5, 5.41) is 6.55. The van der Waals surface area contributed by atoms with Crippen molar-refractivity contribution in [2.24, 2.45) is 0 Å². The predicted octanol–water partition coefficient (Wildman–Crippen LogP) is 4.41. The zero-order valence-electron chi connectivity index (χ0n) is 10.9. The zero-order chi connectivity index (χ0) is 13.2. The number of nitrogens with zero attached hydrogens (tertiary/aromatic N) is 2. The van der Waals surface area contributed by atoms with Crippen LogP contribution in [0.1, 0.15) is 18.7 Å². The van der Waals surface area contributed by atoms with Crippen molar-refractivity contribution in [3.8, 4) is 10.7 Å². The lowest BCUT2D eigenvalue weighted by Crippen LogP contribution is -2.01. The molecule has 0 bridgehead atoms. The van der Waals surface area contributed by atoms with Crippen molar-refractivity contribution in [3.05, 3.63) is 28.5 Å². The summed E-state index contributed by atoms with van der Waals surface area (Å²) in [4.78, 5) is 12.9. The summed E-state index contributed by atoms with van der Waals surface area (Å²) in [5.41, 5.74) is 0. The summed E-state index contributed by atoms with van der Waals surface area (Å²) in [6, 6.07) is 6.30. The van der Waals surface area contributed by atoms with Gasteiger partial charge in [0.15, 0.2) is 5.82 Å². The molecule has 0 aliphatic heterocycles. The van der Waals surface area contributed by atoms with E-state index in [2.05, 4.69) is 41.7 Å². The Balaban J connectivity index is 2.20. The van der Waals surface area contributed by atoms with Gasteiger partial charge in [0, 0.05) is 11.4 Å². The van der Waals surface area contributed by atoms with Crippen molar-refractivity contribution >= 4 is 38.7 Å². The van der Waals surface area contributed by atoms with E-state index in [1.165, 1.54) is 4.88 Å². The van der Waals surface area contributed by atoms with Crippen LogP contribution in [0, 0.1) is 0 Å². The van der Waals surface area contributed by atoms with E-state index in [9.17, 15) is 0 Å². The van der Waals surface area contributed by atoms with Crippen LogP contribution < -0.4 is 5.32 Å². The van der Waals surface area contributed by atoms with E-state index in [0.29, 0.717) is 0 Å². The summed E-state index contributed by atoms with van der Waals surface area (Å²) < 4.78 is 0. The van der Waals surface area contributed by atoms with Crippen molar-refractivity contribution in [2.45, 2.75) is 20.3 Å². The van der Waals surface area contributed by atoms with E-state index in [1.807, 2.05) is 6.07 Å². The minimum Gasteiger partial charge on any atom is -0.370 e. The van der Waals surface area contributed by atoms with E-state index in [-0.39, 0.29) is 0 Å². The number of anilines is 1. The fourth-order valence-corrected chi connectivity index (χ4v) is 3.59. The summed E-state index contributed by atoms with van der Waals surface area (Å²) >= 11 is 3.44. The Morgan fingerprint density at radius 1 is 1.26 bits per heavy atom. The van der Waals surface area contributed by atoms with Crippen LogP contribution in [-0.4, -0.2) is 16.5 Å².